The maximum Gasteiger partial charge on any atom is 0.122 e. The van der Waals surface area contributed by atoms with Gasteiger partial charge in [0.2, 0.25) is 0 Å². The zero-order valence-electron chi connectivity index (χ0n) is 9.84. The van der Waals surface area contributed by atoms with Crippen LogP contribution < -0.4 is 5.32 Å². The topological polar surface area (TPSA) is 29.9 Å². The molecule has 2 aromatic rings. The lowest BCUT2D eigenvalue weighted by Crippen LogP contribution is -2.19. The van der Waals surface area contributed by atoms with E-state index in [1.165, 1.54) is 18.4 Å². The van der Waals surface area contributed by atoms with Gasteiger partial charge in [-0.2, -0.15) is 0 Å². The van der Waals surface area contributed by atoms with E-state index in [0.717, 1.165) is 25.0 Å². The van der Waals surface area contributed by atoms with Gasteiger partial charge in [0.1, 0.15) is 5.82 Å². The lowest BCUT2D eigenvalue weighted by atomic mass is 10.2. The van der Waals surface area contributed by atoms with Crippen molar-refractivity contribution >= 4 is 0 Å². The Morgan fingerprint density at radius 2 is 2.06 bits per heavy atom. The Labute approximate surface area is 101 Å². The van der Waals surface area contributed by atoms with Crippen molar-refractivity contribution in [2.24, 2.45) is 0 Å². The van der Waals surface area contributed by atoms with Crippen molar-refractivity contribution in [1.82, 2.24) is 14.9 Å². The van der Waals surface area contributed by atoms with E-state index in [1.807, 2.05) is 12.3 Å². The SMILES string of the molecule is c1ccc(Cn2ccnc2CNC2CC2)cc1. The van der Waals surface area contributed by atoms with Crippen molar-refractivity contribution in [1.29, 1.82) is 0 Å². The van der Waals surface area contributed by atoms with Gasteiger partial charge in [-0.25, -0.2) is 4.98 Å². The second kappa shape index (κ2) is 4.72. The number of rotatable bonds is 5. The van der Waals surface area contributed by atoms with E-state index in [-0.39, 0.29) is 0 Å². The molecule has 3 rings (SSSR count). The zero-order chi connectivity index (χ0) is 11.5. The standard InChI is InChI=1S/C14H17N3/c1-2-4-12(5-3-1)11-17-9-8-15-14(17)10-16-13-6-7-13/h1-5,8-9,13,16H,6-7,10-11H2. The molecule has 1 aromatic heterocycles. The Kier molecular flexibility index (Phi) is 2.92. The van der Waals surface area contributed by atoms with Crippen LogP contribution in [0.5, 0.6) is 0 Å². The van der Waals surface area contributed by atoms with Gasteiger partial charge in [-0.05, 0) is 18.4 Å². The van der Waals surface area contributed by atoms with Gasteiger partial charge in [0.25, 0.3) is 0 Å². The number of imidazole rings is 1. The quantitative estimate of drug-likeness (QED) is 0.848. The summed E-state index contributed by atoms with van der Waals surface area (Å²) in [6, 6.07) is 11.2. The summed E-state index contributed by atoms with van der Waals surface area (Å²) in [6.45, 7) is 1.78. The summed E-state index contributed by atoms with van der Waals surface area (Å²) in [7, 11) is 0. The highest BCUT2D eigenvalue weighted by Crippen LogP contribution is 2.19. The van der Waals surface area contributed by atoms with Gasteiger partial charge in [0, 0.05) is 25.0 Å². The van der Waals surface area contributed by atoms with Crippen LogP contribution in [0.2, 0.25) is 0 Å². The second-order valence-electron chi connectivity index (χ2n) is 4.61. The Hall–Kier alpha value is -1.61. The number of hydrogen-bond acceptors (Lipinski definition) is 2. The van der Waals surface area contributed by atoms with Crippen molar-refractivity contribution in [2.75, 3.05) is 0 Å². The van der Waals surface area contributed by atoms with Gasteiger partial charge in [-0.1, -0.05) is 30.3 Å². The Bertz CT molecular complexity index is 471. The highest BCUT2D eigenvalue weighted by molar-refractivity contribution is 5.15. The third kappa shape index (κ3) is 2.74. The fourth-order valence-electron chi connectivity index (χ4n) is 1.95. The van der Waals surface area contributed by atoms with Gasteiger partial charge in [0.05, 0.1) is 6.54 Å². The minimum Gasteiger partial charge on any atom is -0.329 e. The summed E-state index contributed by atoms with van der Waals surface area (Å²) in [6.07, 6.45) is 6.57. The maximum atomic E-state index is 4.41. The first-order valence-electron chi connectivity index (χ1n) is 6.19. The first-order valence-corrected chi connectivity index (χ1v) is 6.19. The molecule has 88 valence electrons. The zero-order valence-corrected chi connectivity index (χ0v) is 9.84. The number of nitrogens with one attached hydrogen (secondary N) is 1. The van der Waals surface area contributed by atoms with Crippen molar-refractivity contribution in [3.63, 3.8) is 0 Å². The molecule has 0 atom stereocenters. The molecule has 0 unspecified atom stereocenters. The van der Waals surface area contributed by atoms with E-state index in [0.29, 0.717) is 0 Å². The molecule has 1 heterocycles. The number of aromatic nitrogens is 2. The lowest BCUT2D eigenvalue weighted by Gasteiger charge is -2.08. The summed E-state index contributed by atoms with van der Waals surface area (Å²) in [5.41, 5.74) is 1.32. The molecule has 0 spiro atoms. The molecule has 3 nitrogen and oxygen atoms in total. The molecule has 1 aliphatic rings. The van der Waals surface area contributed by atoms with Crippen LogP contribution in [0.4, 0.5) is 0 Å². The Morgan fingerprint density at radius 1 is 1.24 bits per heavy atom. The summed E-state index contributed by atoms with van der Waals surface area (Å²) < 4.78 is 2.21. The minimum atomic E-state index is 0.733. The van der Waals surface area contributed by atoms with Crippen molar-refractivity contribution in [2.45, 2.75) is 32.0 Å². The minimum absolute atomic E-state index is 0.733. The van der Waals surface area contributed by atoms with Crippen LogP contribution in [0.25, 0.3) is 0 Å². The number of hydrogen-bond donors (Lipinski definition) is 1. The van der Waals surface area contributed by atoms with Gasteiger partial charge >= 0.3 is 0 Å². The van der Waals surface area contributed by atoms with E-state index in [9.17, 15) is 0 Å². The molecular formula is C14H17N3. The Balaban J connectivity index is 1.67. The molecule has 1 saturated carbocycles. The second-order valence-corrected chi connectivity index (χ2v) is 4.61. The lowest BCUT2D eigenvalue weighted by molar-refractivity contribution is 0.618. The molecule has 0 aliphatic heterocycles. The van der Waals surface area contributed by atoms with Gasteiger partial charge in [0.15, 0.2) is 0 Å². The largest absolute Gasteiger partial charge is 0.329 e. The summed E-state index contributed by atoms with van der Waals surface area (Å²) in [5, 5.41) is 3.50. The summed E-state index contributed by atoms with van der Waals surface area (Å²) >= 11 is 0. The molecule has 1 fully saturated rings. The third-order valence-corrected chi connectivity index (χ3v) is 3.12. The first kappa shape index (κ1) is 10.5. The van der Waals surface area contributed by atoms with E-state index in [4.69, 9.17) is 0 Å². The normalized spacial score (nSPS) is 15.1. The summed E-state index contributed by atoms with van der Waals surface area (Å²) in [5.74, 6) is 1.13. The van der Waals surface area contributed by atoms with Crippen LogP contribution in [0, 0.1) is 0 Å². The monoisotopic (exact) mass is 227 g/mol. The van der Waals surface area contributed by atoms with Crippen LogP contribution in [-0.2, 0) is 13.1 Å². The van der Waals surface area contributed by atoms with Gasteiger partial charge in [-0.15, -0.1) is 0 Å². The predicted octanol–water partition coefficient (Wildman–Crippen LogP) is 2.18. The van der Waals surface area contributed by atoms with Crippen LogP contribution >= 0.6 is 0 Å². The predicted molar refractivity (Wildman–Crippen MR) is 67.6 cm³/mol. The molecule has 1 aliphatic carbocycles. The maximum absolute atomic E-state index is 4.41. The fourth-order valence-corrected chi connectivity index (χ4v) is 1.95. The molecule has 1 aromatic carbocycles. The molecule has 0 saturated heterocycles. The van der Waals surface area contributed by atoms with Crippen molar-refractivity contribution < 1.29 is 0 Å². The Morgan fingerprint density at radius 3 is 2.82 bits per heavy atom. The van der Waals surface area contributed by atoms with E-state index in [2.05, 4.69) is 45.3 Å². The molecule has 3 heteroatoms. The highest BCUT2D eigenvalue weighted by atomic mass is 15.1. The highest BCUT2D eigenvalue weighted by Gasteiger charge is 2.20. The smallest absolute Gasteiger partial charge is 0.122 e. The van der Waals surface area contributed by atoms with Crippen LogP contribution in [0.3, 0.4) is 0 Å². The van der Waals surface area contributed by atoms with Crippen molar-refractivity contribution in [3.05, 3.63) is 54.1 Å². The molecule has 0 bridgehead atoms. The average Bonchev–Trinajstić information content (AvgIpc) is 3.09. The molecular weight excluding hydrogens is 210 g/mol. The number of benzene rings is 1. The van der Waals surface area contributed by atoms with Crippen LogP contribution in [-0.4, -0.2) is 15.6 Å². The third-order valence-electron chi connectivity index (χ3n) is 3.12. The van der Waals surface area contributed by atoms with E-state index < -0.39 is 0 Å². The van der Waals surface area contributed by atoms with Crippen LogP contribution in [0.15, 0.2) is 42.7 Å². The average molecular weight is 227 g/mol. The fraction of sp³-hybridized carbons (Fsp3) is 0.357. The van der Waals surface area contributed by atoms with Gasteiger partial charge < -0.3 is 9.88 Å². The first-order chi connectivity index (χ1) is 8.42. The van der Waals surface area contributed by atoms with Crippen LogP contribution in [0.1, 0.15) is 24.2 Å². The molecule has 0 radical (unpaired) electrons. The molecule has 1 N–H and O–H groups in total. The van der Waals surface area contributed by atoms with Gasteiger partial charge in [-0.3, -0.25) is 0 Å². The van der Waals surface area contributed by atoms with Crippen molar-refractivity contribution in [3.8, 4) is 0 Å². The molecule has 0 amide bonds. The van der Waals surface area contributed by atoms with E-state index >= 15 is 0 Å². The van der Waals surface area contributed by atoms with E-state index in [1.54, 1.807) is 0 Å². The number of nitrogens with zero attached hydrogens (tertiary/aromatic N) is 2. The molecule has 17 heavy (non-hydrogen) atoms. The summed E-state index contributed by atoms with van der Waals surface area (Å²) in [4.78, 5) is 4.41.